The highest BCUT2D eigenvalue weighted by atomic mass is 35.5. The zero-order valence-electron chi connectivity index (χ0n) is 13.3. The third-order valence-corrected chi connectivity index (χ3v) is 4.31. The Morgan fingerprint density at radius 1 is 1.27 bits per heavy atom. The molecule has 1 aromatic carbocycles. The number of carbonyl (C=O) groups is 1. The van der Waals surface area contributed by atoms with Crippen molar-refractivity contribution >= 4 is 29.3 Å². The third-order valence-electron chi connectivity index (χ3n) is 2.87. The Labute approximate surface area is 139 Å². The Bertz CT molecular complexity index is 687. The first-order valence-electron chi connectivity index (χ1n) is 6.90. The van der Waals surface area contributed by atoms with E-state index in [4.69, 9.17) is 16.3 Å². The minimum atomic E-state index is -0.358. The maximum absolute atomic E-state index is 11.5. The number of ether oxygens (including phenoxy) is 1. The molecule has 0 fully saturated rings. The summed E-state index contributed by atoms with van der Waals surface area (Å²) in [6, 6.07) is 7.52. The van der Waals surface area contributed by atoms with E-state index in [9.17, 15) is 4.79 Å². The van der Waals surface area contributed by atoms with Crippen LogP contribution in [0.4, 0.5) is 0 Å². The van der Waals surface area contributed by atoms with E-state index in [1.807, 2.05) is 52.0 Å². The molecule has 1 aromatic heterocycles. The Morgan fingerprint density at radius 2 is 1.86 bits per heavy atom. The van der Waals surface area contributed by atoms with Crippen LogP contribution in [0.2, 0.25) is 5.02 Å². The summed E-state index contributed by atoms with van der Waals surface area (Å²) >= 11 is 7.42. The van der Waals surface area contributed by atoms with Crippen molar-refractivity contribution in [3.63, 3.8) is 0 Å². The molecule has 1 heterocycles. The molecule has 0 bridgehead atoms. The fraction of sp³-hybridized carbons (Fsp3) is 0.375. The van der Waals surface area contributed by atoms with Crippen LogP contribution in [0.5, 0.6) is 5.88 Å². The van der Waals surface area contributed by atoms with Gasteiger partial charge in [-0.25, -0.2) is 4.68 Å². The predicted octanol–water partition coefficient (Wildman–Crippen LogP) is 4.68. The Morgan fingerprint density at radius 3 is 2.36 bits per heavy atom. The number of rotatable bonds is 3. The summed E-state index contributed by atoms with van der Waals surface area (Å²) < 4.78 is 7.19. The van der Waals surface area contributed by atoms with Gasteiger partial charge in [-0.1, -0.05) is 23.4 Å². The first-order valence-corrected chi connectivity index (χ1v) is 8.10. The Hall–Kier alpha value is -1.46. The second kappa shape index (κ2) is 6.34. The van der Waals surface area contributed by atoms with E-state index in [2.05, 4.69) is 5.10 Å². The highest BCUT2D eigenvalue weighted by molar-refractivity contribution is 7.99. The lowest BCUT2D eigenvalue weighted by Crippen LogP contribution is -2.25. The molecule has 0 radical (unpaired) electrons. The van der Waals surface area contributed by atoms with E-state index < -0.39 is 0 Å². The quantitative estimate of drug-likeness (QED) is 0.762. The molecule has 0 unspecified atom stereocenters. The van der Waals surface area contributed by atoms with Gasteiger partial charge in [0.15, 0.2) is 0 Å². The molecule has 0 aliphatic rings. The first kappa shape index (κ1) is 16.9. The number of hydrogen-bond donors (Lipinski definition) is 0. The van der Waals surface area contributed by atoms with Gasteiger partial charge in [0.1, 0.15) is 0 Å². The van der Waals surface area contributed by atoms with Crippen LogP contribution in [0.1, 0.15) is 33.4 Å². The minimum Gasteiger partial charge on any atom is -0.407 e. The summed E-state index contributed by atoms with van der Waals surface area (Å²) in [4.78, 5) is 13.3. The summed E-state index contributed by atoms with van der Waals surface area (Å²) in [5.74, 6) is 0.126. The molecule has 4 nitrogen and oxygen atoms in total. The fourth-order valence-corrected chi connectivity index (χ4v) is 2.95. The highest BCUT2D eigenvalue weighted by Gasteiger charge is 2.26. The number of halogens is 1. The monoisotopic (exact) mass is 338 g/mol. The van der Waals surface area contributed by atoms with E-state index in [0.717, 1.165) is 15.5 Å². The lowest BCUT2D eigenvalue weighted by Gasteiger charge is -2.21. The zero-order valence-corrected chi connectivity index (χ0v) is 14.9. The Kier molecular flexibility index (Phi) is 4.87. The molecule has 2 rings (SSSR count). The molecule has 2 aromatic rings. The third kappa shape index (κ3) is 3.84. The van der Waals surface area contributed by atoms with Crippen molar-refractivity contribution in [3.05, 3.63) is 35.0 Å². The zero-order chi connectivity index (χ0) is 16.5. The van der Waals surface area contributed by atoms with Crippen LogP contribution in [-0.2, 0) is 10.3 Å². The van der Waals surface area contributed by atoms with Gasteiger partial charge in [0.05, 0.1) is 16.1 Å². The number of esters is 1. The van der Waals surface area contributed by atoms with Crippen LogP contribution in [-0.4, -0.2) is 15.7 Å². The van der Waals surface area contributed by atoms with Gasteiger partial charge in [-0.05, 0) is 52.0 Å². The van der Waals surface area contributed by atoms with Crippen molar-refractivity contribution < 1.29 is 9.53 Å². The van der Waals surface area contributed by atoms with Crippen molar-refractivity contribution in [1.29, 1.82) is 0 Å². The summed E-state index contributed by atoms with van der Waals surface area (Å²) in [5.41, 5.74) is 0.542. The van der Waals surface area contributed by atoms with E-state index in [0.29, 0.717) is 10.9 Å². The number of hydrogen-bond acceptors (Lipinski definition) is 4. The summed E-state index contributed by atoms with van der Waals surface area (Å²) in [6.07, 6.45) is 0. The second-order valence-corrected chi connectivity index (χ2v) is 7.47. The van der Waals surface area contributed by atoms with E-state index in [-0.39, 0.29) is 11.5 Å². The van der Waals surface area contributed by atoms with Crippen LogP contribution < -0.4 is 4.74 Å². The highest BCUT2D eigenvalue weighted by Crippen LogP contribution is 2.40. The molecular formula is C16H19ClN2O2S. The van der Waals surface area contributed by atoms with Gasteiger partial charge in [-0.15, -0.1) is 0 Å². The molecule has 0 amide bonds. The molecule has 6 heteroatoms. The number of carbonyl (C=O) groups excluding carboxylic acids is 1. The smallest absolute Gasteiger partial charge is 0.309 e. The molecule has 0 saturated carbocycles. The van der Waals surface area contributed by atoms with Crippen molar-refractivity contribution in [3.8, 4) is 5.88 Å². The number of benzene rings is 1. The SMILES string of the molecule is CC(=O)Oc1c(Sc2ccc(Cl)cc2)c(C)nn1C(C)(C)C. The van der Waals surface area contributed by atoms with E-state index in [1.54, 1.807) is 4.68 Å². The maximum atomic E-state index is 11.5. The van der Waals surface area contributed by atoms with Gasteiger partial charge >= 0.3 is 5.97 Å². The van der Waals surface area contributed by atoms with Gasteiger partial charge in [0.25, 0.3) is 0 Å². The van der Waals surface area contributed by atoms with Gasteiger partial charge in [-0.2, -0.15) is 5.10 Å². The van der Waals surface area contributed by atoms with Gasteiger partial charge in [0.2, 0.25) is 5.88 Å². The lowest BCUT2D eigenvalue weighted by molar-refractivity contribution is -0.132. The topological polar surface area (TPSA) is 44.1 Å². The van der Waals surface area contributed by atoms with Crippen LogP contribution in [0.3, 0.4) is 0 Å². The maximum Gasteiger partial charge on any atom is 0.309 e. The van der Waals surface area contributed by atoms with Gasteiger partial charge in [0, 0.05) is 16.8 Å². The van der Waals surface area contributed by atoms with Crippen molar-refractivity contribution in [2.45, 2.75) is 49.9 Å². The number of aromatic nitrogens is 2. The number of nitrogens with zero attached hydrogens (tertiary/aromatic N) is 2. The van der Waals surface area contributed by atoms with Crippen LogP contribution in [0.25, 0.3) is 0 Å². The first-order chi connectivity index (χ1) is 10.2. The normalized spacial score (nSPS) is 11.5. The molecule has 118 valence electrons. The van der Waals surface area contributed by atoms with Gasteiger partial charge in [-0.3, -0.25) is 4.79 Å². The van der Waals surface area contributed by atoms with Crippen LogP contribution in [0.15, 0.2) is 34.1 Å². The standard InChI is InChI=1S/C16H19ClN2O2S/c1-10-14(22-13-8-6-12(17)7-9-13)15(21-11(2)20)19(18-10)16(3,4)5/h6-9H,1-5H3. The number of aryl methyl sites for hydroxylation is 1. The average Bonchev–Trinajstić information content (AvgIpc) is 2.69. The predicted molar refractivity (Wildman–Crippen MR) is 88.8 cm³/mol. The van der Waals surface area contributed by atoms with Crippen molar-refractivity contribution in [2.24, 2.45) is 0 Å². The summed E-state index contributed by atoms with van der Waals surface area (Å²) in [6.45, 7) is 9.36. The summed E-state index contributed by atoms with van der Waals surface area (Å²) in [5, 5.41) is 5.23. The molecule has 0 N–H and O–H groups in total. The van der Waals surface area contributed by atoms with Crippen LogP contribution >= 0.6 is 23.4 Å². The molecule has 0 spiro atoms. The fourth-order valence-electron chi connectivity index (χ4n) is 1.91. The molecule has 0 saturated heterocycles. The van der Waals surface area contributed by atoms with Gasteiger partial charge < -0.3 is 4.74 Å². The molecule has 0 aliphatic heterocycles. The summed E-state index contributed by atoms with van der Waals surface area (Å²) in [7, 11) is 0. The largest absolute Gasteiger partial charge is 0.407 e. The average molecular weight is 339 g/mol. The van der Waals surface area contributed by atoms with Crippen molar-refractivity contribution in [2.75, 3.05) is 0 Å². The lowest BCUT2D eigenvalue weighted by atomic mass is 10.1. The second-order valence-electron chi connectivity index (χ2n) is 5.95. The van der Waals surface area contributed by atoms with E-state index >= 15 is 0 Å². The van der Waals surface area contributed by atoms with Crippen LogP contribution in [0, 0.1) is 6.92 Å². The van der Waals surface area contributed by atoms with E-state index in [1.165, 1.54) is 18.7 Å². The minimum absolute atomic E-state index is 0.283. The molecular weight excluding hydrogens is 320 g/mol. The van der Waals surface area contributed by atoms with Crippen molar-refractivity contribution in [1.82, 2.24) is 9.78 Å². The molecule has 0 aliphatic carbocycles. The Balaban J connectivity index is 2.47. The molecule has 22 heavy (non-hydrogen) atoms. The molecule has 0 atom stereocenters.